The molecule has 1 aliphatic rings. The van der Waals surface area contributed by atoms with E-state index in [0.29, 0.717) is 11.4 Å². The lowest BCUT2D eigenvalue weighted by Gasteiger charge is -2.41. The molecule has 0 aliphatic carbocycles. The highest BCUT2D eigenvalue weighted by molar-refractivity contribution is 6.30. The van der Waals surface area contributed by atoms with Crippen LogP contribution in [0.25, 0.3) is 0 Å². The molecule has 1 fully saturated rings. The zero-order valence-electron chi connectivity index (χ0n) is 11.1. The molecule has 1 amide bonds. The summed E-state index contributed by atoms with van der Waals surface area (Å²) in [5.41, 5.74) is 2.24. The third-order valence-corrected chi connectivity index (χ3v) is 4.04. The Hall–Kier alpha value is -1.80. The molecule has 1 unspecified atom stereocenters. The smallest absolute Gasteiger partial charge is 0.227 e. The minimum atomic E-state index is 0.187. The lowest BCUT2D eigenvalue weighted by Crippen LogP contribution is -2.45. The van der Waals surface area contributed by atoms with Gasteiger partial charge in [0.25, 0.3) is 0 Å². The minimum absolute atomic E-state index is 0.187. The summed E-state index contributed by atoms with van der Waals surface area (Å²) in [6.07, 6.45) is 1.50. The lowest BCUT2D eigenvalue weighted by atomic mass is 9.94. The second-order valence-corrected chi connectivity index (χ2v) is 5.54. The molecule has 0 bridgehead atoms. The zero-order chi connectivity index (χ0) is 13.9. The standard InChI is InChI=1S/C17H16ClNO/c18-15-8-6-13(7-9-15)12-17(20)19-11-10-16(19)14-4-2-1-3-5-14/h1-9,16H,10-12H2. The monoisotopic (exact) mass is 285 g/mol. The number of benzene rings is 2. The van der Waals surface area contributed by atoms with Crippen LogP contribution in [0.2, 0.25) is 5.02 Å². The van der Waals surface area contributed by atoms with Crippen molar-refractivity contribution in [3.63, 3.8) is 0 Å². The first-order valence-electron chi connectivity index (χ1n) is 6.83. The first-order valence-corrected chi connectivity index (χ1v) is 7.21. The third-order valence-electron chi connectivity index (χ3n) is 3.79. The highest BCUT2D eigenvalue weighted by Gasteiger charge is 2.32. The van der Waals surface area contributed by atoms with Crippen molar-refractivity contribution < 1.29 is 4.79 Å². The van der Waals surface area contributed by atoms with Gasteiger partial charge in [-0.25, -0.2) is 0 Å². The summed E-state index contributed by atoms with van der Waals surface area (Å²) in [6.45, 7) is 0.853. The molecule has 2 aromatic rings. The molecular formula is C17H16ClNO. The Morgan fingerprint density at radius 1 is 1.10 bits per heavy atom. The van der Waals surface area contributed by atoms with E-state index in [1.807, 2.05) is 47.4 Å². The molecule has 0 saturated carbocycles. The number of hydrogen-bond acceptors (Lipinski definition) is 1. The van der Waals surface area contributed by atoms with E-state index in [4.69, 9.17) is 11.6 Å². The quantitative estimate of drug-likeness (QED) is 0.839. The molecule has 3 heteroatoms. The van der Waals surface area contributed by atoms with Gasteiger partial charge in [0.1, 0.15) is 0 Å². The summed E-state index contributed by atoms with van der Waals surface area (Å²) in [5.74, 6) is 0.187. The molecule has 1 heterocycles. The second kappa shape index (κ2) is 5.68. The molecule has 3 rings (SSSR count). The summed E-state index contributed by atoms with van der Waals surface area (Å²) >= 11 is 5.86. The number of nitrogens with zero attached hydrogens (tertiary/aromatic N) is 1. The van der Waals surface area contributed by atoms with Crippen molar-refractivity contribution in [1.82, 2.24) is 4.90 Å². The molecule has 0 spiro atoms. The molecule has 0 radical (unpaired) electrons. The number of halogens is 1. The van der Waals surface area contributed by atoms with E-state index in [1.165, 1.54) is 5.56 Å². The molecule has 0 aromatic heterocycles. The number of carbonyl (C=O) groups is 1. The van der Waals surface area contributed by atoms with Gasteiger partial charge in [0.2, 0.25) is 5.91 Å². The van der Waals surface area contributed by atoms with Crippen LogP contribution in [0.5, 0.6) is 0 Å². The maximum absolute atomic E-state index is 12.4. The Morgan fingerprint density at radius 2 is 1.80 bits per heavy atom. The highest BCUT2D eigenvalue weighted by Crippen LogP contribution is 2.33. The van der Waals surface area contributed by atoms with E-state index in [1.54, 1.807) is 0 Å². The van der Waals surface area contributed by atoms with Crippen LogP contribution >= 0.6 is 11.6 Å². The predicted molar refractivity (Wildman–Crippen MR) is 80.7 cm³/mol. The number of rotatable bonds is 3. The second-order valence-electron chi connectivity index (χ2n) is 5.11. The van der Waals surface area contributed by atoms with Gasteiger partial charge in [0, 0.05) is 11.6 Å². The van der Waals surface area contributed by atoms with E-state index in [-0.39, 0.29) is 11.9 Å². The topological polar surface area (TPSA) is 20.3 Å². The van der Waals surface area contributed by atoms with Crippen molar-refractivity contribution in [2.75, 3.05) is 6.54 Å². The van der Waals surface area contributed by atoms with E-state index in [0.717, 1.165) is 18.5 Å². The van der Waals surface area contributed by atoms with E-state index in [2.05, 4.69) is 12.1 Å². The average Bonchev–Trinajstić information content (AvgIpc) is 2.41. The van der Waals surface area contributed by atoms with Gasteiger partial charge in [0.15, 0.2) is 0 Å². The van der Waals surface area contributed by atoms with Gasteiger partial charge in [-0.05, 0) is 29.7 Å². The third kappa shape index (κ3) is 2.70. The van der Waals surface area contributed by atoms with Gasteiger partial charge < -0.3 is 4.90 Å². The van der Waals surface area contributed by atoms with Crippen molar-refractivity contribution in [2.45, 2.75) is 18.9 Å². The highest BCUT2D eigenvalue weighted by atomic mass is 35.5. The molecule has 2 aromatic carbocycles. The summed E-state index contributed by atoms with van der Waals surface area (Å²) in [7, 11) is 0. The van der Waals surface area contributed by atoms with E-state index < -0.39 is 0 Å². The van der Waals surface area contributed by atoms with Crippen molar-refractivity contribution in [2.24, 2.45) is 0 Å². The van der Waals surface area contributed by atoms with Crippen LogP contribution in [0.4, 0.5) is 0 Å². The van der Waals surface area contributed by atoms with Crippen LogP contribution in [0.3, 0.4) is 0 Å². The Kier molecular flexibility index (Phi) is 3.75. The molecule has 20 heavy (non-hydrogen) atoms. The van der Waals surface area contributed by atoms with E-state index >= 15 is 0 Å². The van der Waals surface area contributed by atoms with Crippen LogP contribution in [0, 0.1) is 0 Å². The molecule has 1 atom stereocenters. The maximum Gasteiger partial charge on any atom is 0.227 e. The van der Waals surface area contributed by atoms with Crippen LogP contribution < -0.4 is 0 Å². The lowest BCUT2D eigenvalue weighted by molar-refractivity contribution is -0.138. The van der Waals surface area contributed by atoms with E-state index in [9.17, 15) is 4.79 Å². The molecule has 102 valence electrons. The minimum Gasteiger partial charge on any atom is -0.335 e. The van der Waals surface area contributed by atoms with Crippen molar-refractivity contribution in [3.05, 3.63) is 70.7 Å². The van der Waals surface area contributed by atoms with Gasteiger partial charge in [-0.15, -0.1) is 0 Å². The fourth-order valence-corrected chi connectivity index (χ4v) is 2.71. The SMILES string of the molecule is O=C(Cc1ccc(Cl)cc1)N1CCC1c1ccccc1. The zero-order valence-corrected chi connectivity index (χ0v) is 11.9. The predicted octanol–water partition coefficient (Wildman–Crippen LogP) is 3.86. The molecule has 1 aliphatic heterocycles. The van der Waals surface area contributed by atoms with Gasteiger partial charge >= 0.3 is 0 Å². The first-order chi connectivity index (χ1) is 9.74. The Morgan fingerprint density at radius 3 is 2.40 bits per heavy atom. The van der Waals surface area contributed by atoms with Crippen LogP contribution in [-0.2, 0) is 11.2 Å². The molecular weight excluding hydrogens is 270 g/mol. The summed E-state index contributed by atoms with van der Waals surface area (Å²) in [5, 5.41) is 0.701. The number of hydrogen-bond donors (Lipinski definition) is 0. The van der Waals surface area contributed by atoms with Gasteiger partial charge in [-0.3, -0.25) is 4.79 Å². The Bertz CT molecular complexity index is 594. The summed E-state index contributed by atoms with van der Waals surface area (Å²) in [4.78, 5) is 14.3. The van der Waals surface area contributed by atoms with Crippen LogP contribution in [0.1, 0.15) is 23.6 Å². The number of carbonyl (C=O) groups excluding carboxylic acids is 1. The van der Waals surface area contributed by atoms with Gasteiger partial charge in [-0.1, -0.05) is 54.1 Å². The summed E-state index contributed by atoms with van der Waals surface area (Å²) in [6, 6.07) is 18.0. The number of likely N-dealkylation sites (tertiary alicyclic amines) is 1. The molecule has 0 N–H and O–H groups in total. The molecule has 2 nitrogen and oxygen atoms in total. The average molecular weight is 286 g/mol. The van der Waals surface area contributed by atoms with Gasteiger partial charge in [0.05, 0.1) is 12.5 Å². The van der Waals surface area contributed by atoms with Crippen molar-refractivity contribution in [1.29, 1.82) is 0 Å². The Balaban J connectivity index is 1.67. The fraction of sp³-hybridized carbons (Fsp3) is 0.235. The number of amides is 1. The normalized spacial score (nSPS) is 17.6. The van der Waals surface area contributed by atoms with Crippen molar-refractivity contribution in [3.8, 4) is 0 Å². The molecule has 1 saturated heterocycles. The maximum atomic E-state index is 12.4. The fourth-order valence-electron chi connectivity index (χ4n) is 2.59. The first kappa shape index (κ1) is 13.2. The van der Waals surface area contributed by atoms with Crippen molar-refractivity contribution >= 4 is 17.5 Å². The van der Waals surface area contributed by atoms with Crippen LogP contribution in [0.15, 0.2) is 54.6 Å². The van der Waals surface area contributed by atoms with Gasteiger partial charge in [-0.2, -0.15) is 0 Å². The van der Waals surface area contributed by atoms with Crippen LogP contribution in [-0.4, -0.2) is 17.4 Å². The Labute approximate surface area is 124 Å². The largest absolute Gasteiger partial charge is 0.335 e. The summed E-state index contributed by atoms with van der Waals surface area (Å²) < 4.78 is 0.